The summed E-state index contributed by atoms with van der Waals surface area (Å²) < 4.78 is 34.7. The SMILES string of the molecule is CC(=O)NC1C(O)[C@@H](O)C(CO)O[C@H]1O[C@@H]1C(CO)O[C@@H](OCC(N)C(=O)O)C(NC(C)=O)C1O[C@@H]1OC(C)[C@@H](O)C(O)C1O. The molecule has 0 bridgehead atoms. The maximum atomic E-state index is 12.3. The van der Waals surface area contributed by atoms with Gasteiger partial charge in [-0.15, -0.1) is 0 Å². The summed E-state index contributed by atoms with van der Waals surface area (Å²) >= 11 is 0. The summed E-state index contributed by atoms with van der Waals surface area (Å²) in [7, 11) is 0. The van der Waals surface area contributed by atoms with E-state index in [0.717, 1.165) is 13.8 Å². The Kier molecular flexibility index (Phi) is 13.4. The number of rotatable bonds is 12. The molecule has 0 aliphatic carbocycles. The maximum absolute atomic E-state index is 12.3. The van der Waals surface area contributed by atoms with Crippen molar-refractivity contribution in [2.24, 2.45) is 5.73 Å². The summed E-state index contributed by atoms with van der Waals surface area (Å²) in [6.07, 6.45) is -20.6. The van der Waals surface area contributed by atoms with E-state index in [-0.39, 0.29) is 0 Å². The predicted octanol–water partition coefficient (Wildman–Crippen LogP) is -6.82. The van der Waals surface area contributed by atoms with Gasteiger partial charge >= 0.3 is 5.97 Å². The average molecular weight is 658 g/mol. The highest BCUT2D eigenvalue weighted by Crippen LogP contribution is 2.34. The van der Waals surface area contributed by atoms with E-state index < -0.39 is 136 Å². The maximum Gasteiger partial charge on any atom is 0.322 e. The molecule has 0 aromatic heterocycles. The molecule has 3 fully saturated rings. The van der Waals surface area contributed by atoms with Crippen molar-refractivity contribution in [2.75, 3.05) is 19.8 Å². The summed E-state index contributed by atoms with van der Waals surface area (Å²) in [5.74, 6) is -2.78. The van der Waals surface area contributed by atoms with Crippen molar-refractivity contribution in [1.82, 2.24) is 10.6 Å². The highest BCUT2D eigenvalue weighted by molar-refractivity contribution is 5.74. The van der Waals surface area contributed by atoms with E-state index in [1.54, 1.807) is 0 Å². The lowest BCUT2D eigenvalue weighted by Gasteiger charge is -2.50. The lowest BCUT2D eigenvalue weighted by atomic mass is 9.93. The lowest BCUT2D eigenvalue weighted by Crippen LogP contribution is -2.71. The van der Waals surface area contributed by atoms with Crippen LogP contribution in [0.1, 0.15) is 20.8 Å². The van der Waals surface area contributed by atoms with Crippen molar-refractivity contribution in [3.05, 3.63) is 0 Å². The third-order valence-electron chi connectivity index (χ3n) is 7.60. The Morgan fingerprint density at radius 2 is 1.29 bits per heavy atom. The Morgan fingerprint density at radius 3 is 1.84 bits per heavy atom. The minimum atomic E-state index is -1.86. The number of aliphatic hydroxyl groups excluding tert-OH is 7. The zero-order valence-electron chi connectivity index (χ0n) is 24.7. The molecule has 0 aromatic carbocycles. The fourth-order valence-corrected chi connectivity index (χ4v) is 5.20. The van der Waals surface area contributed by atoms with Crippen LogP contribution in [0.4, 0.5) is 0 Å². The quantitative estimate of drug-likeness (QED) is 0.0928. The Morgan fingerprint density at radius 1 is 0.733 bits per heavy atom. The molecule has 3 saturated heterocycles. The number of carboxylic acids is 1. The molecule has 2 amide bonds. The van der Waals surface area contributed by atoms with Gasteiger partial charge < -0.3 is 85.6 Å². The van der Waals surface area contributed by atoms with E-state index in [1.807, 2.05) is 0 Å². The lowest BCUT2D eigenvalue weighted by molar-refractivity contribution is -0.365. The zero-order valence-corrected chi connectivity index (χ0v) is 24.7. The molecule has 20 nitrogen and oxygen atoms in total. The molecule has 45 heavy (non-hydrogen) atoms. The van der Waals surface area contributed by atoms with Crippen LogP contribution in [0.5, 0.6) is 0 Å². The number of carbonyl (C=O) groups is 3. The smallest absolute Gasteiger partial charge is 0.322 e. The van der Waals surface area contributed by atoms with Crippen LogP contribution in [0.2, 0.25) is 0 Å². The number of aliphatic carboxylic acids is 1. The molecule has 3 aliphatic heterocycles. The van der Waals surface area contributed by atoms with Gasteiger partial charge in [0.05, 0.1) is 25.9 Å². The fourth-order valence-electron chi connectivity index (χ4n) is 5.20. The standard InChI is InChI=1S/C25H43N3O17/c1-7-15(33)18(36)19(37)25(41-7)45-21-14(28-9(3)32)23(40-6-10(26)22(38)39)43-12(5-30)20(21)44-24-13(27-8(2)31)17(35)16(34)11(4-29)42-24/h7,10-21,23-25,29-30,33-37H,4-6,26H2,1-3H3,(H,27,31)(H,28,32)(H,38,39)/t7?,10?,11?,12?,13?,14?,15-,16+,17?,18?,19?,20-,21?,23-,24+,25+/m1/s1. The second-order valence-electron chi connectivity index (χ2n) is 11.0. The summed E-state index contributed by atoms with van der Waals surface area (Å²) in [4.78, 5) is 35.6. The Bertz CT molecular complexity index is 1010. The monoisotopic (exact) mass is 657 g/mol. The molecule has 16 atom stereocenters. The number of ether oxygens (including phenoxy) is 6. The van der Waals surface area contributed by atoms with E-state index in [4.69, 9.17) is 34.2 Å². The molecule has 10 unspecified atom stereocenters. The Labute approximate surface area is 256 Å². The molecular formula is C25H43N3O17. The fraction of sp³-hybridized carbons (Fsp3) is 0.880. The number of hydrogen-bond donors (Lipinski definition) is 11. The number of hydrogen-bond acceptors (Lipinski definition) is 17. The molecule has 20 heteroatoms. The van der Waals surface area contributed by atoms with Gasteiger partial charge in [0.2, 0.25) is 11.8 Å². The first-order chi connectivity index (χ1) is 21.1. The van der Waals surface area contributed by atoms with Crippen molar-refractivity contribution in [3.63, 3.8) is 0 Å². The van der Waals surface area contributed by atoms with Gasteiger partial charge in [0.25, 0.3) is 0 Å². The third-order valence-corrected chi connectivity index (χ3v) is 7.60. The minimum Gasteiger partial charge on any atom is -0.480 e. The molecule has 3 heterocycles. The normalized spacial score (nSPS) is 42.9. The summed E-state index contributed by atoms with van der Waals surface area (Å²) in [6.45, 7) is 1.32. The van der Waals surface area contributed by atoms with Gasteiger partial charge in [-0.1, -0.05) is 0 Å². The van der Waals surface area contributed by atoms with Crippen LogP contribution in [-0.2, 0) is 42.8 Å². The van der Waals surface area contributed by atoms with Crippen LogP contribution in [0.15, 0.2) is 0 Å². The number of carbonyl (C=O) groups excluding carboxylic acids is 2. The Hall–Kier alpha value is -2.15. The predicted molar refractivity (Wildman–Crippen MR) is 142 cm³/mol. The van der Waals surface area contributed by atoms with Crippen LogP contribution >= 0.6 is 0 Å². The van der Waals surface area contributed by atoms with Crippen molar-refractivity contribution in [1.29, 1.82) is 0 Å². The van der Waals surface area contributed by atoms with Crippen LogP contribution in [-0.4, -0.2) is 176 Å². The second kappa shape index (κ2) is 16.1. The number of nitrogens with two attached hydrogens (primary N) is 1. The van der Waals surface area contributed by atoms with Crippen LogP contribution in [0.3, 0.4) is 0 Å². The molecular weight excluding hydrogens is 614 g/mol. The van der Waals surface area contributed by atoms with Gasteiger partial charge in [0.15, 0.2) is 18.9 Å². The first-order valence-corrected chi connectivity index (χ1v) is 14.1. The summed E-state index contributed by atoms with van der Waals surface area (Å²) in [5.41, 5.74) is 5.56. The summed E-state index contributed by atoms with van der Waals surface area (Å²) in [5, 5.41) is 86.5. The van der Waals surface area contributed by atoms with E-state index in [2.05, 4.69) is 10.6 Å². The molecule has 0 spiro atoms. The van der Waals surface area contributed by atoms with Crippen molar-refractivity contribution in [3.8, 4) is 0 Å². The number of nitrogens with one attached hydrogen (secondary N) is 2. The number of aliphatic hydroxyl groups is 7. The van der Waals surface area contributed by atoms with Crippen molar-refractivity contribution < 1.29 is 83.7 Å². The zero-order chi connectivity index (χ0) is 33.7. The van der Waals surface area contributed by atoms with Gasteiger partial charge in [-0.3, -0.25) is 14.4 Å². The van der Waals surface area contributed by atoms with Crippen LogP contribution < -0.4 is 16.4 Å². The molecule has 0 aromatic rings. The van der Waals surface area contributed by atoms with Crippen molar-refractivity contribution in [2.45, 2.75) is 119 Å². The summed E-state index contributed by atoms with van der Waals surface area (Å²) in [6, 6.07) is -4.44. The topological polar surface area (TPSA) is 319 Å². The number of amides is 2. The molecule has 0 saturated carbocycles. The van der Waals surface area contributed by atoms with Gasteiger partial charge in [-0.2, -0.15) is 0 Å². The van der Waals surface area contributed by atoms with Gasteiger partial charge in [0.1, 0.15) is 73.1 Å². The molecule has 0 radical (unpaired) electrons. The molecule has 3 aliphatic rings. The van der Waals surface area contributed by atoms with Gasteiger partial charge in [-0.25, -0.2) is 0 Å². The minimum absolute atomic E-state index is 0.643. The highest BCUT2D eigenvalue weighted by Gasteiger charge is 2.55. The largest absolute Gasteiger partial charge is 0.480 e. The van der Waals surface area contributed by atoms with E-state index in [1.165, 1.54) is 6.92 Å². The van der Waals surface area contributed by atoms with E-state index in [9.17, 15) is 55.2 Å². The molecule has 260 valence electrons. The first-order valence-electron chi connectivity index (χ1n) is 14.1. The van der Waals surface area contributed by atoms with Crippen LogP contribution in [0.25, 0.3) is 0 Å². The average Bonchev–Trinajstić information content (AvgIpc) is 2.98. The Balaban J connectivity index is 2.05. The highest BCUT2D eigenvalue weighted by atomic mass is 16.8. The number of carboxylic acid groups (broad SMARTS) is 1. The van der Waals surface area contributed by atoms with Crippen molar-refractivity contribution >= 4 is 17.8 Å². The van der Waals surface area contributed by atoms with Crippen LogP contribution in [0, 0.1) is 0 Å². The van der Waals surface area contributed by atoms with E-state index >= 15 is 0 Å². The second-order valence-corrected chi connectivity index (χ2v) is 11.0. The van der Waals surface area contributed by atoms with E-state index in [0.29, 0.717) is 0 Å². The first kappa shape index (κ1) is 37.3. The molecule has 12 N–H and O–H groups in total. The van der Waals surface area contributed by atoms with Gasteiger partial charge in [-0.05, 0) is 6.92 Å². The third kappa shape index (κ3) is 8.81. The molecule has 3 rings (SSSR count). The van der Waals surface area contributed by atoms with Gasteiger partial charge in [0, 0.05) is 13.8 Å².